The van der Waals surface area contributed by atoms with Crippen molar-refractivity contribution in [2.75, 3.05) is 18.2 Å². The summed E-state index contributed by atoms with van der Waals surface area (Å²) in [6.45, 7) is 11.8. The molecule has 9 nitrogen and oxygen atoms in total. The van der Waals surface area contributed by atoms with Gasteiger partial charge in [-0.2, -0.15) is 15.4 Å². The Kier molecular flexibility index (Phi) is 9.32. The van der Waals surface area contributed by atoms with E-state index >= 15 is 0 Å². The third-order valence-electron chi connectivity index (χ3n) is 6.13. The molecule has 0 fully saturated rings. The predicted octanol–water partition coefficient (Wildman–Crippen LogP) is 6.01. The SMILES string of the molecule is C=CCc1cc(/C=C2/C(=O)N(c3nc(C)c(C(=O)OCC)s3)N=C2C)cc(OCC)c1OCc1ccccc1C#N. The second kappa shape index (κ2) is 13.1. The monoisotopic (exact) mass is 570 g/mol. The van der Waals surface area contributed by atoms with Crippen LogP contribution in [0, 0.1) is 18.3 Å². The number of anilines is 1. The maximum Gasteiger partial charge on any atom is 0.350 e. The molecule has 1 aliphatic heterocycles. The lowest BCUT2D eigenvalue weighted by Gasteiger charge is -2.17. The number of nitriles is 1. The number of benzene rings is 2. The lowest BCUT2D eigenvalue weighted by molar-refractivity contribution is -0.114. The van der Waals surface area contributed by atoms with E-state index in [2.05, 4.69) is 22.7 Å². The van der Waals surface area contributed by atoms with Crippen molar-refractivity contribution in [3.05, 3.63) is 87.5 Å². The minimum atomic E-state index is -0.478. The van der Waals surface area contributed by atoms with Gasteiger partial charge in [0.05, 0.1) is 41.8 Å². The number of allylic oxidation sites excluding steroid dienone is 1. The molecular weight excluding hydrogens is 540 g/mol. The first-order valence-corrected chi connectivity index (χ1v) is 13.9. The minimum Gasteiger partial charge on any atom is -0.490 e. The van der Waals surface area contributed by atoms with Crippen molar-refractivity contribution in [3.63, 3.8) is 0 Å². The highest BCUT2D eigenvalue weighted by Crippen LogP contribution is 2.37. The number of aryl methyl sites for hydroxylation is 1. The number of rotatable bonds is 11. The van der Waals surface area contributed by atoms with Gasteiger partial charge in [0.25, 0.3) is 5.91 Å². The van der Waals surface area contributed by atoms with E-state index in [9.17, 15) is 14.9 Å². The fourth-order valence-corrected chi connectivity index (χ4v) is 5.16. The zero-order valence-corrected chi connectivity index (χ0v) is 24.2. The zero-order valence-electron chi connectivity index (χ0n) is 23.4. The van der Waals surface area contributed by atoms with E-state index in [1.165, 1.54) is 5.01 Å². The maximum absolute atomic E-state index is 13.4. The van der Waals surface area contributed by atoms with E-state index in [1.807, 2.05) is 37.3 Å². The van der Waals surface area contributed by atoms with Crippen molar-refractivity contribution in [1.82, 2.24) is 4.98 Å². The van der Waals surface area contributed by atoms with Crippen LogP contribution in [0.4, 0.5) is 5.13 Å². The summed E-state index contributed by atoms with van der Waals surface area (Å²) in [6.07, 6.45) is 4.01. The molecule has 0 bridgehead atoms. The molecule has 0 saturated carbocycles. The van der Waals surface area contributed by atoms with E-state index in [1.54, 1.807) is 39.0 Å². The number of hydrogen-bond donors (Lipinski definition) is 0. The third-order valence-corrected chi connectivity index (χ3v) is 7.24. The Labute approximate surface area is 243 Å². The van der Waals surface area contributed by atoms with Gasteiger partial charge in [-0.15, -0.1) is 6.58 Å². The number of amides is 1. The Hall–Kier alpha value is -4.75. The Morgan fingerprint density at radius 1 is 1.15 bits per heavy atom. The molecule has 0 atom stereocenters. The molecule has 0 radical (unpaired) electrons. The molecule has 1 amide bonds. The van der Waals surface area contributed by atoms with Gasteiger partial charge in [-0.3, -0.25) is 4.79 Å². The normalized spacial score (nSPS) is 13.6. The summed E-state index contributed by atoms with van der Waals surface area (Å²) in [4.78, 5) is 30.4. The Balaban J connectivity index is 1.67. The van der Waals surface area contributed by atoms with Gasteiger partial charge in [-0.05, 0) is 64.0 Å². The smallest absolute Gasteiger partial charge is 0.350 e. The van der Waals surface area contributed by atoms with Crippen LogP contribution in [0.1, 0.15) is 58.4 Å². The standard InChI is InChI=1S/C31H30N4O5S/c1-6-11-22-14-21(16-26(38-7-2)27(22)40-18-24-13-10-9-12-23(24)17-32)15-25-19(4)34-35(29(25)36)31-33-20(5)28(41-31)30(37)39-8-3/h6,9-10,12-16H,1,7-8,11,18H2,2-5H3/b25-15+. The number of carbonyl (C=O) groups excluding carboxylic acids is 2. The molecule has 1 aromatic heterocycles. The summed E-state index contributed by atoms with van der Waals surface area (Å²) in [7, 11) is 0. The van der Waals surface area contributed by atoms with Crippen molar-refractivity contribution in [2.45, 2.75) is 40.7 Å². The number of hydrogen-bond acceptors (Lipinski definition) is 9. The summed E-state index contributed by atoms with van der Waals surface area (Å²) in [5.74, 6) is 0.229. The number of thiazole rings is 1. The van der Waals surface area contributed by atoms with Crippen LogP contribution >= 0.6 is 11.3 Å². The minimum absolute atomic E-state index is 0.189. The van der Waals surface area contributed by atoms with Crippen LogP contribution in [0.5, 0.6) is 11.5 Å². The predicted molar refractivity (Wildman–Crippen MR) is 158 cm³/mol. The van der Waals surface area contributed by atoms with E-state index in [0.717, 1.165) is 28.0 Å². The van der Waals surface area contributed by atoms with Crippen LogP contribution in [0.15, 0.2) is 59.7 Å². The van der Waals surface area contributed by atoms with E-state index < -0.39 is 5.97 Å². The Morgan fingerprint density at radius 3 is 2.63 bits per heavy atom. The molecular formula is C31H30N4O5S. The van der Waals surface area contributed by atoms with Crippen molar-refractivity contribution in [2.24, 2.45) is 5.10 Å². The van der Waals surface area contributed by atoms with Crippen molar-refractivity contribution in [3.8, 4) is 17.6 Å². The van der Waals surface area contributed by atoms with Crippen LogP contribution in [0.25, 0.3) is 6.08 Å². The average Bonchev–Trinajstić information content (AvgIpc) is 3.47. The Morgan fingerprint density at radius 2 is 1.93 bits per heavy atom. The van der Waals surface area contributed by atoms with Crippen LogP contribution in [0.3, 0.4) is 0 Å². The van der Waals surface area contributed by atoms with Crippen LogP contribution < -0.4 is 14.5 Å². The molecule has 1 aliphatic rings. The van der Waals surface area contributed by atoms with Gasteiger partial charge < -0.3 is 14.2 Å². The highest BCUT2D eigenvalue weighted by atomic mass is 32.1. The molecule has 0 spiro atoms. The molecule has 0 N–H and O–H groups in total. The number of ether oxygens (including phenoxy) is 3. The number of aromatic nitrogens is 1. The molecule has 10 heteroatoms. The summed E-state index contributed by atoms with van der Waals surface area (Å²) in [5.41, 5.74) is 4.22. The molecule has 41 heavy (non-hydrogen) atoms. The highest BCUT2D eigenvalue weighted by molar-refractivity contribution is 7.17. The van der Waals surface area contributed by atoms with Crippen molar-refractivity contribution >= 4 is 40.1 Å². The molecule has 210 valence electrons. The molecule has 2 aromatic carbocycles. The van der Waals surface area contributed by atoms with E-state index in [-0.39, 0.29) is 19.1 Å². The van der Waals surface area contributed by atoms with Gasteiger partial charge in [0.1, 0.15) is 11.5 Å². The first kappa shape index (κ1) is 29.2. The van der Waals surface area contributed by atoms with Crippen molar-refractivity contribution < 1.29 is 23.8 Å². The highest BCUT2D eigenvalue weighted by Gasteiger charge is 2.32. The Bertz CT molecular complexity index is 1600. The summed E-state index contributed by atoms with van der Waals surface area (Å²) in [5, 5.41) is 15.4. The van der Waals surface area contributed by atoms with Crippen molar-refractivity contribution in [1.29, 1.82) is 5.26 Å². The number of nitrogens with zero attached hydrogens (tertiary/aromatic N) is 4. The third kappa shape index (κ3) is 6.36. The quantitative estimate of drug-likeness (QED) is 0.157. The van der Waals surface area contributed by atoms with Gasteiger partial charge >= 0.3 is 5.97 Å². The molecule has 0 aliphatic carbocycles. The molecule has 3 aromatic rings. The first-order chi connectivity index (χ1) is 19.8. The van der Waals surface area contributed by atoms with Gasteiger partial charge in [0.15, 0.2) is 11.5 Å². The lowest BCUT2D eigenvalue weighted by Crippen LogP contribution is -2.21. The summed E-state index contributed by atoms with van der Waals surface area (Å²) < 4.78 is 17.2. The van der Waals surface area contributed by atoms with Crippen LogP contribution in [-0.4, -0.2) is 35.8 Å². The molecule has 0 unspecified atom stereocenters. The topological polar surface area (TPSA) is 114 Å². The number of carbonyl (C=O) groups is 2. The zero-order chi connectivity index (χ0) is 29.5. The fraction of sp³-hybridized carbons (Fsp3) is 0.258. The fourth-order valence-electron chi connectivity index (χ4n) is 4.25. The van der Waals surface area contributed by atoms with Crippen LogP contribution in [-0.2, 0) is 22.6 Å². The summed E-state index contributed by atoms with van der Waals surface area (Å²) >= 11 is 1.06. The average molecular weight is 571 g/mol. The number of hydrazone groups is 1. The first-order valence-electron chi connectivity index (χ1n) is 13.1. The molecule has 2 heterocycles. The van der Waals surface area contributed by atoms with E-state index in [4.69, 9.17) is 14.2 Å². The molecule has 0 saturated heterocycles. The van der Waals surface area contributed by atoms with Crippen LogP contribution in [0.2, 0.25) is 0 Å². The van der Waals surface area contributed by atoms with E-state index in [0.29, 0.717) is 57.1 Å². The van der Waals surface area contributed by atoms with Gasteiger partial charge in [0, 0.05) is 11.1 Å². The molecule has 4 rings (SSSR count). The van der Waals surface area contributed by atoms with Gasteiger partial charge in [-0.1, -0.05) is 35.6 Å². The lowest BCUT2D eigenvalue weighted by atomic mass is 10.0. The second-order valence-electron chi connectivity index (χ2n) is 8.98. The van der Waals surface area contributed by atoms with Gasteiger partial charge in [0.2, 0.25) is 5.13 Å². The summed E-state index contributed by atoms with van der Waals surface area (Å²) in [6, 6.07) is 13.2. The second-order valence-corrected chi connectivity index (χ2v) is 9.96. The largest absolute Gasteiger partial charge is 0.490 e. The van der Waals surface area contributed by atoms with Gasteiger partial charge in [-0.25, -0.2) is 9.78 Å². The maximum atomic E-state index is 13.4. The number of esters is 1.